The summed E-state index contributed by atoms with van der Waals surface area (Å²) in [7, 11) is 0. The summed E-state index contributed by atoms with van der Waals surface area (Å²) in [5, 5.41) is 8.46. The third kappa shape index (κ3) is 3.21. The maximum absolute atomic E-state index is 8.46. The average molecular weight is 257 g/mol. The van der Waals surface area contributed by atoms with Gasteiger partial charge in [-0.05, 0) is 31.2 Å². The Bertz CT molecular complexity index is 575. The number of hydrogen-bond donors (Lipinski definition) is 0. The molecule has 0 fully saturated rings. The first kappa shape index (κ1) is 12.8. The maximum Gasteiger partial charge on any atom is 0.0890 e. The summed E-state index contributed by atoms with van der Waals surface area (Å²) in [5.41, 5.74) is 3.96. The van der Waals surface area contributed by atoms with E-state index in [1.807, 2.05) is 43.0 Å². The molecular weight excluding hydrogens is 242 g/mol. The van der Waals surface area contributed by atoms with E-state index >= 15 is 0 Å². The Morgan fingerprint density at radius 3 is 2.67 bits per heavy atom. The number of nitriles is 1. The highest BCUT2D eigenvalue weighted by molar-refractivity contribution is 7.98. The monoisotopic (exact) mass is 257 g/mol. The molecule has 0 saturated heterocycles. The van der Waals surface area contributed by atoms with E-state index in [0.717, 1.165) is 40.3 Å². The molecule has 0 N–H and O–H groups in total. The first-order valence-electron chi connectivity index (χ1n) is 5.98. The van der Waals surface area contributed by atoms with Gasteiger partial charge in [-0.15, -0.1) is 0 Å². The van der Waals surface area contributed by atoms with Crippen molar-refractivity contribution in [2.24, 2.45) is 0 Å². The highest BCUT2D eigenvalue weighted by Crippen LogP contribution is 2.17. The molecule has 1 heterocycles. The number of nitrogens with zero attached hydrogens (tertiary/aromatic N) is 3. The van der Waals surface area contributed by atoms with E-state index in [1.54, 1.807) is 0 Å². The molecule has 0 aliphatic rings. The number of rotatable bonds is 5. The van der Waals surface area contributed by atoms with Gasteiger partial charge < -0.3 is 0 Å². The molecule has 0 amide bonds. The summed E-state index contributed by atoms with van der Waals surface area (Å²) in [6.07, 6.45) is 1.58. The lowest BCUT2D eigenvalue weighted by atomic mass is 10.2. The van der Waals surface area contributed by atoms with Crippen LogP contribution in [0.2, 0.25) is 0 Å². The minimum absolute atomic E-state index is 0.634. The van der Waals surface area contributed by atoms with Crippen LogP contribution in [0.4, 0.5) is 0 Å². The van der Waals surface area contributed by atoms with Crippen LogP contribution in [0.3, 0.4) is 0 Å². The van der Waals surface area contributed by atoms with Crippen molar-refractivity contribution >= 4 is 22.8 Å². The third-order valence-corrected chi connectivity index (χ3v) is 3.71. The largest absolute Gasteiger partial charge is 0.250 e. The SMILES string of the molecule is Cc1nc2ccccc2nc1CSCCCC#N. The molecule has 0 aliphatic carbocycles. The zero-order valence-electron chi connectivity index (χ0n) is 10.4. The smallest absolute Gasteiger partial charge is 0.0890 e. The molecule has 0 bridgehead atoms. The van der Waals surface area contributed by atoms with Gasteiger partial charge in [0.15, 0.2) is 0 Å². The van der Waals surface area contributed by atoms with Crippen LogP contribution in [-0.2, 0) is 5.75 Å². The molecule has 2 rings (SSSR count). The Morgan fingerprint density at radius 1 is 1.22 bits per heavy atom. The van der Waals surface area contributed by atoms with Crippen molar-refractivity contribution in [2.75, 3.05) is 5.75 Å². The summed E-state index contributed by atoms with van der Waals surface area (Å²) in [6, 6.07) is 10.1. The number of aryl methyl sites for hydroxylation is 1. The lowest BCUT2D eigenvalue weighted by Crippen LogP contribution is -1.97. The molecule has 0 spiro atoms. The number of fused-ring (bicyclic) bond motifs is 1. The summed E-state index contributed by atoms with van der Waals surface area (Å²) < 4.78 is 0. The Morgan fingerprint density at radius 2 is 1.94 bits per heavy atom. The lowest BCUT2D eigenvalue weighted by Gasteiger charge is -2.06. The van der Waals surface area contributed by atoms with Gasteiger partial charge in [-0.3, -0.25) is 0 Å². The Kier molecular flexibility index (Phi) is 4.54. The van der Waals surface area contributed by atoms with Crippen LogP contribution >= 0.6 is 11.8 Å². The summed E-state index contributed by atoms with van der Waals surface area (Å²) in [6.45, 7) is 2.00. The fourth-order valence-corrected chi connectivity index (χ4v) is 2.64. The average Bonchev–Trinajstić information content (AvgIpc) is 2.39. The predicted octanol–water partition coefficient (Wildman–Crippen LogP) is 3.48. The topological polar surface area (TPSA) is 49.6 Å². The fraction of sp³-hybridized carbons (Fsp3) is 0.357. The van der Waals surface area contributed by atoms with Crippen LogP contribution < -0.4 is 0 Å². The van der Waals surface area contributed by atoms with Gasteiger partial charge in [0.25, 0.3) is 0 Å². The zero-order valence-corrected chi connectivity index (χ0v) is 11.2. The van der Waals surface area contributed by atoms with Gasteiger partial charge in [-0.1, -0.05) is 12.1 Å². The Labute approximate surface area is 111 Å². The fourth-order valence-electron chi connectivity index (χ4n) is 1.68. The second-order valence-corrected chi connectivity index (χ2v) is 5.16. The molecule has 2 aromatic rings. The number of benzene rings is 1. The number of hydrogen-bond acceptors (Lipinski definition) is 4. The molecule has 0 unspecified atom stereocenters. The van der Waals surface area contributed by atoms with E-state index in [9.17, 15) is 0 Å². The third-order valence-electron chi connectivity index (χ3n) is 2.66. The Balaban J connectivity index is 2.04. The van der Waals surface area contributed by atoms with Crippen molar-refractivity contribution in [3.63, 3.8) is 0 Å². The van der Waals surface area contributed by atoms with Gasteiger partial charge in [0, 0.05) is 12.2 Å². The van der Waals surface area contributed by atoms with Crippen LogP contribution in [0, 0.1) is 18.3 Å². The highest BCUT2D eigenvalue weighted by atomic mass is 32.2. The van der Waals surface area contributed by atoms with Crippen LogP contribution in [0.5, 0.6) is 0 Å². The summed E-state index contributed by atoms with van der Waals surface area (Å²) >= 11 is 1.82. The van der Waals surface area contributed by atoms with E-state index in [2.05, 4.69) is 16.0 Å². The predicted molar refractivity (Wildman–Crippen MR) is 75.3 cm³/mol. The quantitative estimate of drug-likeness (QED) is 0.769. The number of aromatic nitrogens is 2. The van der Waals surface area contributed by atoms with Gasteiger partial charge >= 0.3 is 0 Å². The minimum Gasteiger partial charge on any atom is -0.250 e. The van der Waals surface area contributed by atoms with Crippen molar-refractivity contribution in [1.29, 1.82) is 5.26 Å². The molecular formula is C14H15N3S. The maximum atomic E-state index is 8.46. The molecule has 0 atom stereocenters. The summed E-state index contributed by atoms with van der Waals surface area (Å²) in [5.74, 6) is 1.87. The number of para-hydroxylation sites is 2. The Hall–Kier alpha value is -1.60. The molecule has 92 valence electrons. The molecule has 3 nitrogen and oxygen atoms in total. The number of thioether (sulfide) groups is 1. The van der Waals surface area contributed by atoms with E-state index in [0.29, 0.717) is 6.42 Å². The van der Waals surface area contributed by atoms with Gasteiger partial charge in [0.05, 0.1) is 28.5 Å². The van der Waals surface area contributed by atoms with Gasteiger partial charge in [-0.2, -0.15) is 17.0 Å². The molecule has 0 aliphatic heterocycles. The standard InChI is InChI=1S/C14H15N3S/c1-11-14(10-18-9-5-4-8-15)17-13-7-3-2-6-12(13)16-11/h2-3,6-7H,4-5,9-10H2,1H3. The highest BCUT2D eigenvalue weighted by Gasteiger charge is 2.04. The molecule has 1 aromatic heterocycles. The zero-order chi connectivity index (χ0) is 12.8. The van der Waals surface area contributed by atoms with E-state index < -0.39 is 0 Å². The van der Waals surface area contributed by atoms with E-state index in [1.165, 1.54) is 0 Å². The van der Waals surface area contributed by atoms with E-state index in [-0.39, 0.29) is 0 Å². The van der Waals surface area contributed by atoms with Crippen molar-refractivity contribution < 1.29 is 0 Å². The van der Waals surface area contributed by atoms with Crippen molar-refractivity contribution in [3.05, 3.63) is 35.7 Å². The molecule has 4 heteroatoms. The van der Waals surface area contributed by atoms with Crippen LogP contribution in [-0.4, -0.2) is 15.7 Å². The van der Waals surface area contributed by atoms with Crippen molar-refractivity contribution in [3.8, 4) is 6.07 Å². The van der Waals surface area contributed by atoms with Crippen LogP contribution in [0.1, 0.15) is 24.2 Å². The van der Waals surface area contributed by atoms with Gasteiger partial charge in [0.1, 0.15) is 0 Å². The minimum atomic E-state index is 0.634. The molecule has 0 saturated carbocycles. The second kappa shape index (κ2) is 6.36. The second-order valence-electron chi connectivity index (χ2n) is 4.06. The van der Waals surface area contributed by atoms with Crippen molar-refractivity contribution in [2.45, 2.75) is 25.5 Å². The first-order valence-corrected chi connectivity index (χ1v) is 7.13. The van der Waals surface area contributed by atoms with Crippen LogP contribution in [0.25, 0.3) is 11.0 Å². The van der Waals surface area contributed by atoms with Crippen molar-refractivity contribution in [1.82, 2.24) is 9.97 Å². The first-order chi connectivity index (χ1) is 8.81. The molecule has 18 heavy (non-hydrogen) atoms. The normalized spacial score (nSPS) is 10.4. The van der Waals surface area contributed by atoms with Gasteiger partial charge in [-0.25, -0.2) is 9.97 Å². The van der Waals surface area contributed by atoms with Gasteiger partial charge in [0.2, 0.25) is 0 Å². The van der Waals surface area contributed by atoms with Crippen LogP contribution in [0.15, 0.2) is 24.3 Å². The molecule has 0 radical (unpaired) electrons. The number of unbranched alkanes of at least 4 members (excludes halogenated alkanes) is 1. The lowest BCUT2D eigenvalue weighted by molar-refractivity contribution is 0.978. The van der Waals surface area contributed by atoms with E-state index in [4.69, 9.17) is 5.26 Å². The molecule has 1 aromatic carbocycles. The summed E-state index contributed by atoms with van der Waals surface area (Å²) in [4.78, 5) is 9.21.